The van der Waals surface area contributed by atoms with Gasteiger partial charge in [0, 0.05) is 20.2 Å². The van der Waals surface area contributed by atoms with Gasteiger partial charge in [-0.2, -0.15) is 0 Å². The van der Waals surface area contributed by atoms with Crippen molar-refractivity contribution in [2.75, 3.05) is 26.8 Å². The van der Waals surface area contributed by atoms with Crippen molar-refractivity contribution in [3.63, 3.8) is 0 Å². The molecule has 0 aromatic carbocycles. The lowest BCUT2D eigenvalue weighted by atomic mass is 9.84. The molecule has 0 aliphatic carbocycles. The van der Waals surface area contributed by atoms with Crippen molar-refractivity contribution in [2.45, 2.75) is 34.1 Å². The third kappa shape index (κ3) is 8.53. The molecule has 0 aliphatic heterocycles. The second-order valence-electron chi connectivity index (χ2n) is 5.38. The SMILES string of the molecule is COCCNC(N)=NCC(C)(C)CC(C)C. The Hall–Kier alpha value is -0.770. The van der Waals surface area contributed by atoms with Gasteiger partial charge in [0.25, 0.3) is 0 Å². The molecule has 0 saturated carbocycles. The highest BCUT2D eigenvalue weighted by molar-refractivity contribution is 5.77. The van der Waals surface area contributed by atoms with E-state index in [2.05, 4.69) is 38.0 Å². The summed E-state index contributed by atoms with van der Waals surface area (Å²) in [5, 5.41) is 3.01. The number of hydrogen-bond acceptors (Lipinski definition) is 2. The maximum absolute atomic E-state index is 5.74. The number of ether oxygens (including phenoxy) is 1. The largest absolute Gasteiger partial charge is 0.383 e. The maximum Gasteiger partial charge on any atom is 0.188 e. The molecule has 0 amide bonds. The van der Waals surface area contributed by atoms with Gasteiger partial charge in [-0.1, -0.05) is 27.7 Å². The zero-order valence-electron chi connectivity index (χ0n) is 11.3. The van der Waals surface area contributed by atoms with Gasteiger partial charge in [-0.25, -0.2) is 0 Å². The van der Waals surface area contributed by atoms with Crippen LogP contribution < -0.4 is 11.1 Å². The van der Waals surface area contributed by atoms with Crippen molar-refractivity contribution in [3.8, 4) is 0 Å². The van der Waals surface area contributed by atoms with E-state index < -0.39 is 0 Å². The third-order valence-electron chi connectivity index (χ3n) is 2.25. The Morgan fingerprint density at radius 2 is 2.06 bits per heavy atom. The summed E-state index contributed by atoms with van der Waals surface area (Å²) < 4.78 is 4.92. The predicted molar refractivity (Wildman–Crippen MR) is 69.6 cm³/mol. The van der Waals surface area contributed by atoms with Crippen LogP contribution in [-0.2, 0) is 4.74 Å². The summed E-state index contributed by atoms with van der Waals surface area (Å²) in [5.41, 5.74) is 5.95. The standard InChI is InChI=1S/C12H27N3O/c1-10(2)8-12(3,4)9-15-11(13)14-6-7-16-5/h10H,6-9H2,1-5H3,(H3,13,14,15). The van der Waals surface area contributed by atoms with Gasteiger partial charge >= 0.3 is 0 Å². The predicted octanol–water partition coefficient (Wildman–Crippen LogP) is 1.61. The molecule has 0 rings (SSSR count). The second-order valence-corrected chi connectivity index (χ2v) is 5.38. The van der Waals surface area contributed by atoms with Crippen molar-refractivity contribution >= 4 is 5.96 Å². The summed E-state index contributed by atoms with van der Waals surface area (Å²) in [6.07, 6.45) is 1.15. The number of nitrogens with one attached hydrogen (secondary N) is 1. The van der Waals surface area contributed by atoms with Crippen molar-refractivity contribution in [3.05, 3.63) is 0 Å². The fourth-order valence-electron chi connectivity index (χ4n) is 1.81. The van der Waals surface area contributed by atoms with Crippen LogP contribution in [0.4, 0.5) is 0 Å². The molecule has 0 aliphatic rings. The van der Waals surface area contributed by atoms with Crippen molar-refractivity contribution in [1.82, 2.24) is 5.32 Å². The molecule has 3 N–H and O–H groups in total. The molecule has 0 saturated heterocycles. The van der Waals surface area contributed by atoms with Gasteiger partial charge in [-0.3, -0.25) is 4.99 Å². The van der Waals surface area contributed by atoms with Gasteiger partial charge < -0.3 is 15.8 Å². The quantitative estimate of drug-likeness (QED) is 0.396. The first kappa shape index (κ1) is 15.2. The van der Waals surface area contributed by atoms with Gasteiger partial charge in [-0.05, 0) is 17.8 Å². The first-order valence-electron chi connectivity index (χ1n) is 5.90. The molecule has 4 heteroatoms. The van der Waals surface area contributed by atoms with Crippen molar-refractivity contribution < 1.29 is 4.74 Å². The Labute approximate surface area is 99.7 Å². The highest BCUT2D eigenvalue weighted by Crippen LogP contribution is 2.25. The van der Waals surface area contributed by atoms with Crippen LogP contribution in [0.3, 0.4) is 0 Å². The Bertz CT molecular complexity index is 212. The number of hydrogen-bond donors (Lipinski definition) is 2. The zero-order valence-corrected chi connectivity index (χ0v) is 11.3. The van der Waals surface area contributed by atoms with E-state index in [-0.39, 0.29) is 5.41 Å². The summed E-state index contributed by atoms with van der Waals surface area (Å²) in [5.74, 6) is 1.20. The summed E-state index contributed by atoms with van der Waals surface area (Å²) in [7, 11) is 1.67. The zero-order chi connectivity index (χ0) is 12.6. The maximum atomic E-state index is 5.74. The lowest BCUT2D eigenvalue weighted by Crippen LogP contribution is -2.35. The summed E-state index contributed by atoms with van der Waals surface area (Å²) >= 11 is 0. The highest BCUT2D eigenvalue weighted by atomic mass is 16.5. The van der Waals surface area contributed by atoms with E-state index in [0.717, 1.165) is 13.0 Å². The van der Waals surface area contributed by atoms with Crippen LogP contribution in [0, 0.1) is 11.3 Å². The normalized spacial score (nSPS) is 13.2. The first-order valence-corrected chi connectivity index (χ1v) is 5.90. The molecule has 0 unspecified atom stereocenters. The molecule has 0 heterocycles. The minimum Gasteiger partial charge on any atom is -0.383 e. The molecule has 0 fully saturated rings. The lowest BCUT2D eigenvalue weighted by molar-refractivity contribution is 0.204. The lowest BCUT2D eigenvalue weighted by Gasteiger charge is -2.24. The number of guanidine groups is 1. The van der Waals surface area contributed by atoms with E-state index >= 15 is 0 Å². The Morgan fingerprint density at radius 3 is 2.56 bits per heavy atom. The molecule has 0 atom stereocenters. The highest BCUT2D eigenvalue weighted by Gasteiger charge is 2.18. The number of rotatable bonds is 7. The molecule has 0 radical (unpaired) electrons. The number of methoxy groups -OCH3 is 1. The van der Waals surface area contributed by atoms with Gasteiger partial charge in [0.1, 0.15) is 0 Å². The minimum atomic E-state index is 0.210. The van der Waals surface area contributed by atoms with Crippen LogP contribution >= 0.6 is 0 Å². The van der Waals surface area contributed by atoms with Gasteiger partial charge in [0.2, 0.25) is 0 Å². The van der Waals surface area contributed by atoms with Crippen LogP contribution in [0.1, 0.15) is 34.1 Å². The second kappa shape index (κ2) is 7.49. The fraction of sp³-hybridized carbons (Fsp3) is 0.917. The smallest absolute Gasteiger partial charge is 0.188 e. The van der Waals surface area contributed by atoms with Crippen LogP contribution in [0.25, 0.3) is 0 Å². The van der Waals surface area contributed by atoms with E-state index in [9.17, 15) is 0 Å². The minimum absolute atomic E-state index is 0.210. The van der Waals surface area contributed by atoms with E-state index in [1.165, 1.54) is 0 Å². The van der Waals surface area contributed by atoms with Crippen molar-refractivity contribution in [2.24, 2.45) is 22.1 Å². The monoisotopic (exact) mass is 229 g/mol. The molecule has 96 valence electrons. The van der Waals surface area contributed by atoms with E-state index in [1.54, 1.807) is 7.11 Å². The van der Waals surface area contributed by atoms with Gasteiger partial charge in [0.15, 0.2) is 5.96 Å². The van der Waals surface area contributed by atoms with Crippen LogP contribution in [0.15, 0.2) is 4.99 Å². The van der Waals surface area contributed by atoms with Crippen LogP contribution in [0.5, 0.6) is 0 Å². The van der Waals surface area contributed by atoms with E-state index in [4.69, 9.17) is 10.5 Å². The number of nitrogens with two attached hydrogens (primary N) is 1. The third-order valence-corrected chi connectivity index (χ3v) is 2.25. The van der Waals surface area contributed by atoms with E-state index in [1.807, 2.05) is 0 Å². The molecule has 16 heavy (non-hydrogen) atoms. The Morgan fingerprint density at radius 1 is 1.44 bits per heavy atom. The summed E-state index contributed by atoms with van der Waals surface area (Å²) in [4.78, 5) is 4.35. The van der Waals surface area contributed by atoms with Crippen molar-refractivity contribution in [1.29, 1.82) is 0 Å². The molecule has 0 aromatic heterocycles. The molecular formula is C12H27N3O. The fourth-order valence-corrected chi connectivity index (χ4v) is 1.81. The summed E-state index contributed by atoms with van der Waals surface area (Å²) in [6.45, 7) is 11.0. The first-order chi connectivity index (χ1) is 7.37. The van der Waals surface area contributed by atoms with E-state index in [0.29, 0.717) is 25.0 Å². The number of aliphatic imine (C=N–C) groups is 1. The Kier molecular flexibility index (Phi) is 7.13. The molecular weight excluding hydrogens is 202 g/mol. The molecule has 0 aromatic rings. The Balaban J connectivity index is 3.94. The van der Waals surface area contributed by atoms with Gasteiger partial charge in [-0.15, -0.1) is 0 Å². The number of nitrogens with zero attached hydrogens (tertiary/aromatic N) is 1. The summed E-state index contributed by atoms with van der Waals surface area (Å²) in [6, 6.07) is 0. The van der Waals surface area contributed by atoms with Crippen LogP contribution in [-0.4, -0.2) is 32.8 Å². The topological polar surface area (TPSA) is 59.6 Å². The average molecular weight is 229 g/mol. The average Bonchev–Trinajstić information content (AvgIpc) is 2.13. The van der Waals surface area contributed by atoms with Crippen LogP contribution in [0.2, 0.25) is 0 Å². The molecule has 0 spiro atoms. The van der Waals surface area contributed by atoms with Gasteiger partial charge in [0.05, 0.1) is 6.61 Å². The molecule has 4 nitrogen and oxygen atoms in total. The molecule has 0 bridgehead atoms.